The van der Waals surface area contributed by atoms with Gasteiger partial charge < -0.3 is 4.90 Å². The second-order valence-corrected chi connectivity index (χ2v) is 7.96. The molecule has 0 saturated heterocycles. The number of nitrogens with zero attached hydrogens (tertiary/aromatic N) is 2. The van der Waals surface area contributed by atoms with Crippen LogP contribution in [0.15, 0.2) is 28.5 Å². The van der Waals surface area contributed by atoms with E-state index in [0.717, 1.165) is 28.4 Å². The van der Waals surface area contributed by atoms with Gasteiger partial charge in [-0.2, -0.15) is 0 Å². The zero-order valence-electron chi connectivity index (χ0n) is 13.3. The minimum absolute atomic E-state index is 0.212. The third-order valence-electron chi connectivity index (χ3n) is 3.32. The summed E-state index contributed by atoms with van der Waals surface area (Å²) in [6.07, 6.45) is 0.863. The summed E-state index contributed by atoms with van der Waals surface area (Å²) < 4.78 is 27.4. The second-order valence-electron chi connectivity index (χ2n) is 5.25. The smallest absolute Gasteiger partial charge is 0.240 e. The Morgan fingerprint density at radius 3 is 2.64 bits per heavy atom. The first-order valence-corrected chi connectivity index (χ1v) is 9.40. The van der Waals surface area contributed by atoms with Crippen molar-refractivity contribution < 1.29 is 8.42 Å². The third kappa shape index (κ3) is 3.85. The highest BCUT2D eigenvalue weighted by Crippen LogP contribution is 2.22. The van der Waals surface area contributed by atoms with Crippen LogP contribution in [0.5, 0.6) is 0 Å². The SMILES string of the molecule is CCc1nc(CNS(=O)(=O)c2ccc(C)c(N(C)C)c2)cs1. The molecule has 0 unspecified atom stereocenters. The van der Waals surface area contributed by atoms with E-state index in [0.29, 0.717) is 0 Å². The summed E-state index contributed by atoms with van der Waals surface area (Å²) in [5.74, 6) is 0. The molecule has 120 valence electrons. The molecule has 1 N–H and O–H groups in total. The predicted octanol–water partition coefficient (Wildman–Crippen LogP) is 2.56. The summed E-state index contributed by atoms with van der Waals surface area (Å²) in [6.45, 7) is 4.20. The van der Waals surface area contributed by atoms with E-state index in [2.05, 4.69) is 9.71 Å². The first-order valence-electron chi connectivity index (χ1n) is 7.04. The van der Waals surface area contributed by atoms with Crippen LogP contribution in [-0.4, -0.2) is 27.5 Å². The van der Waals surface area contributed by atoms with Crippen molar-refractivity contribution in [1.29, 1.82) is 0 Å². The lowest BCUT2D eigenvalue weighted by Crippen LogP contribution is -2.24. The van der Waals surface area contributed by atoms with Gasteiger partial charge in [0.1, 0.15) is 0 Å². The standard InChI is InChI=1S/C15H21N3O2S2/c1-5-15-17-12(10-21-15)9-16-22(19,20)13-7-6-11(2)14(8-13)18(3)4/h6-8,10,16H,5,9H2,1-4H3. The molecule has 22 heavy (non-hydrogen) atoms. The van der Waals surface area contributed by atoms with Crippen molar-refractivity contribution in [2.24, 2.45) is 0 Å². The average Bonchev–Trinajstić information content (AvgIpc) is 2.93. The van der Waals surface area contributed by atoms with Crippen LogP contribution in [0.1, 0.15) is 23.2 Å². The summed E-state index contributed by atoms with van der Waals surface area (Å²) in [6, 6.07) is 5.14. The van der Waals surface area contributed by atoms with Crippen molar-refractivity contribution in [2.45, 2.75) is 31.7 Å². The van der Waals surface area contributed by atoms with Gasteiger partial charge in [-0.3, -0.25) is 0 Å². The van der Waals surface area contributed by atoms with Crippen molar-refractivity contribution in [1.82, 2.24) is 9.71 Å². The lowest BCUT2D eigenvalue weighted by atomic mass is 10.2. The van der Waals surface area contributed by atoms with Crippen LogP contribution < -0.4 is 9.62 Å². The number of nitrogens with one attached hydrogen (secondary N) is 1. The average molecular weight is 339 g/mol. The molecule has 0 aliphatic rings. The van der Waals surface area contributed by atoms with Gasteiger partial charge in [-0.05, 0) is 31.0 Å². The fraction of sp³-hybridized carbons (Fsp3) is 0.400. The molecule has 0 radical (unpaired) electrons. The summed E-state index contributed by atoms with van der Waals surface area (Å²) >= 11 is 1.55. The van der Waals surface area contributed by atoms with Crippen LogP contribution in [-0.2, 0) is 23.0 Å². The molecule has 0 spiro atoms. The number of benzene rings is 1. The molecule has 2 rings (SSSR count). The van der Waals surface area contributed by atoms with Gasteiger partial charge in [0.2, 0.25) is 10.0 Å². The van der Waals surface area contributed by atoms with Crippen molar-refractivity contribution in [2.75, 3.05) is 19.0 Å². The summed E-state index contributed by atoms with van der Waals surface area (Å²) in [7, 11) is 0.252. The molecule has 0 saturated carbocycles. The Bertz CT molecular complexity index is 752. The Morgan fingerprint density at radius 1 is 1.32 bits per heavy atom. The molecule has 1 aromatic heterocycles. The van der Waals surface area contributed by atoms with Crippen molar-refractivity contribution in [3.8, 4) is 0 Å². The number of sulfonamides is 1. The fourth-order valence-electron chi connectivity index (χ4n) is 2.08. The monoisotopic (exact) mass is 339 g/mol. The fourth-order valence-corrected chi connectivity index (χ4v) is 3.85. The van der Waals surface area contributed by atoms with E-state index in [1.807, 2.05) is 44.3 Å². The summed E-state index contributed by atoms with van der Waals surface area (Å²) in [5.41, 5.74) is 2.69. The molecule has 0 amide bonds. The molecule has 5 nitrogen and oxygen atoms in total. The number of anilines is 1. The van der Waals surface area contributed by atoms with Crippen molar-refractivity contribution in [3.05, 3.63) is 39.8 Å². The molecule has 7 heteroatoms. The molecule has 0 aliphatic carbocycles. The maximum atomic E-state index is 12.4. The van der Waals surface area contributed by atoms with Gasteiger partial charge in [-0.25, -0.2) is 18.1 Å². The molecule has 2 aromatic rings. The minimum atomic E-state index is -3.54. The Morgan fingerprint density at radius 2 is 2.05 bits per heavy atom. The van der Waals surface area contributed by atoms with E-state index in [1.165, 1.54) is 0 Å². The maximum Gasteiger partial charge on any atom is 0.240 e. The van der Waals surface area contributed by atoms with Crippen LogP contribution >= 0.6 is 11.3 Å². The lowest BCUT2D eigenvalue weighted by molar-refractivity contribution is 0.580. The Labute approximate surface area is 136 Å². The highest BCUT2D eigenvalue weighted by molar-refractivity contribution is 7.89. The summed E-state index contributed by atoms with van der Waals surface area (Å²) in [5, 5.41) is 2.90. The molecule has 0 bridgehead atoms. The molecular formula is C15H21N3O2S2. The normalized spacial score (nSPS) is 11.6. The van der Waals surface area contributed by atoms with Gasteiger partial charge in [-0.1, -0.05) is 13.0 Å². The van der Waals surface area contributed by atoms with Crippen LogP contribution in [0.25, 0.3) is 0 Å². The van der Waals surface area contributed by atoms with Crippen LogP contribution in [0.3, 0.4) is 0 Å². The van der Waals surface area contributed by atoms with Crippen molar-refractivity contribution >= 4 is 27.0 Å². The van der Waals surface area contributed by atoms with Gasteiger partial charge >= 0.3 is 0 Å². The summed E-state index contributed by atoms with van der Waals surface area (Å²) in [4.78, 5) is 6.54. The molecular weight excluding hydrogens is 318 g/mol. The van der Waals surface area contributed by atoms with E-state index in [-0.39, 0.29) is 11.4 Å². The van der Waals surface area contributed by atoms with Crippen LogP contribution in [0.4, 0.5) is 5.69 Å². The van der Waals surface area contributed by atoms with Gasteiger partial charge in [-0.15, -0.1) is 11.3 Å². The third-order valence-corrected chi connectivity index (χ3v) is 5.76. The van der Waals surface area contributed by atoms with Crippen molar-refractivity contribution in [3.63, 3.8) is 0 Å². The molecule has 0 aliphatic heterocycles. The number of aromatic nitrogens is 1. The van der Waals surface area contributed by atoms with Crippen LogP contribution in [0.2, 0.25) is 0 Å². The second kappa shape index (κ2) is 6.76. The number of hydrogen-bond donors (Lipinski definition) is 1. The number of hydrogen-bond acceptors (Lipinski definition) is 5. The zero-order chi connectivity index (χ0) is 16.3. The number of rotatable bonds is 6. The number of aryl methyl sites for hydroxylation is 2. The molecule has 0 atom stereocenters. The van der Waals surface area contributed by atoms with E-state index in [9.17, 15) is 8.42 Å². The highest BCUT2D eigenvalue weighted by atomic mass is 32.2. The Hall–Kier alpha value is -1.44. The minimum Gasteiger partial charge on any atom is -0.377 e. The zero-order valence-corrected chi connectivity index (χ0v) is 14.9. The molecule has 1 heterocycles. The van der Waals surface area contributed by atoms with Gasteiger partial charge in [0.25, 0.3) is 0 Å². The topological polar surface area (TPSA) is 62.3 Å². The first-order chi connectivity index (χ1) is 10.3. The van der Waals surface area contributed by atoms with Gasteiger partial charge in [0.15, 0.2) is 0 Å². The number of thiazole rings is 1. The lowest BCUT2D eigenvalue weighted by Gasteiger charge is -2.17. The Balaban J connectivity index is 2.18. The first kappa shape index (κ1) is 16.9. The predicted molar refractivity (Wildman–Crippen MR) is 91.0 cm³/mol. The molecule has 1 aromatic carbocycles. The maximum absolute atomic E-state index is 12.4. The van der Waals surface area contributed by atoms with E-state index >= 15 is 0 Å². The van der Waals surface area contributed by atoms with E-state index in [4.69, 9.17) is 0 Å². The quantitative estimate of drug-likeness (QED) is 0.878. The van der Waals surface area contributed by atoms with Crippen LogP contribution in [0, 0.1) is 6.92 Å². The van der Waals surface area contributed by atoms with Gasteiger partial charge in [0, 0.05) is 25.2 Å². The van der Waals surface area contributed by atoms with E-state index < -0.39 is 10.0 Å². The molecule has 0 fully saturated rings. The Kier molecular flexibility index (Phi) is 5.20. The highest BCUT2D eigenvalue weighted by Gasteiger charge is 2.16. The largest absolute Gasteiger partial charge is 0.377 e. The van der Waals surface area contributed by atoms with E-state index in [1.54, 1.807) is 23.5 Å². The van der Waals surface area contributed by atoms with Gasteiger partial charge in [0.05, 0.1) is 22.1 Å².